The lowest BCUT2D eigenvalue weighted by atomic mass is 9.90. The van der Waals surface area contributed by atoms with E-state index in [0.717, 1.165) is 70.6 Å². The van der Waals surface area contributed by atoms with E-state index in [1.165, 1.54) is 0 Å². The SMILES string of the molecule is CCN(CC)c1ccc2c(-c3ccccc3C(=O)NN(C)C)c3ccc(=[N+](CC)CC)cc-3oc2c1. The Bertz CT molecular complexity index is 1410. The molecule has 188 valence electrons. The van der Waals surface area contributed by atoms with Crippen LogP contribution >= 0.6 is 0 Å². The highest BCUT2D eigenvalue weighted by Crippen LogP contribution is 2.42. The number of amides is 1. The Hall–Kier alpha value is -3.64. The smallest absolute Gasteiger partial charge is 0.266 e. The molecule has 0 spiro atoms. The van der Waals surface area contributed by atoms with Crippen LogP contribution in [-0.4, -0.2) is 51.2 Å². The number of fused-ring (bicyclic) bond motifs is 2. The summed E-state index contributed by atoms with van der Waals surface area (Å²) in [7, 11) is 3.63. The summed E-state index contributed by atoms with van der Waals surface area (Å²) < 4.78 is 8.88. The van der Waals surface area contributed by atoms with Crippen molar-refractivity contribution in [2.45, 2.75) is 27.7 Å². The molecule has 36 heavy (non-hydrogen) atoms. The normalized spacial score (nSPS) is 11.3. The molecule has 4 rings (SSSR count). The van der Waals surface area contributed by atoms with E-state index in [4.69, 9.17) is 4.42 Å². The van der Waals surface area contributed by atoms with Gasteiger partial charge in [0.1, 0.15) is 24.4 Å². The molecule has 0 aromatic heterocycles. The summed E-state index contributed by atoms with van der Waals surface area (Å²) in [4.78, 5) is 15.5. The van der Waals surface area contributed by atoms with Gasteiger partial charge in [0.05, 0.1) is 6.07 Å². The van der Waals surface area contributed by atoms with Crippen molar-refractivity contribution < 1.29 is 9.21 Å². The van der Waals surface area contributed by atoms with Gasteiger partial charge in [-0.2, -0.15) is 0 Å². The number of hydrazine groups is 1. The van der Waals surface area contributed by atoms with Gasteiger partial charge < -0.3 is 9.32 Å². The molecule has 0 unspecified atom stereocenters. The van der Waals surface area contributed by atoms with Gasteiger partial charge in [0.2, 0.25) is 5.36 Å². The Morgan fingerprint density at radius 1 is 0.889 bits per heavy atom. The molecule has 2 aliphatic rings. The Kier molecular flexibility index (Phi) is 7.75. The number of rotatable bonds is 8. The van der Waals surface area contributed by atoms with E-state index in [9.17, 15) is 4.79 Å². The van der Waals surface area contributed by atoms with Crippen molar-refractivity contribution in [3.63, 3.8) is 0 Å². The van der Waals surface area contributed by atoms with Crippen molar-refractivity contribution in [3.05, 3.63) is 71.6 Å². The van der Waals surface area contributed by atoms with Gasteiger partial charge in [-0.15, -0.1) is 0 Å². The topological polar surface area (TPSA) is 51.7 Å². The molecule has 1 aliphatic heterocycles. The zero-order chi connectivity index (χ0) is 25.8. The first-order chi connectivity index (χ1) is 17.4. The Morgan fingerprint density at radius 3 is 2.28 bits per heavy atom. The predicted octanol–water partition coefficient (Wildman–Crippen LogP) is 5.07. The van der Waals surface area contributed by atoms with Crippen LogP contribution in [0.2, 0.25) is 0 Å². The quantitative estimate of drug-likeness (QED) is 0.215. The van der Waals surface area contributed by atoms with Crippen molar-refractivity contribution in [1.29, 1.82) is 0 Å². The number of hydrogen-bond acceptors (Lipinski definition) is 4. The highest BCUT2D eigenvalue weighted by molar-refractivity contribution is 6.09. The highest BCUT2D eigenvalue weighted by atomic mass is 16.3. The zero-order valence-corrected chi connectivity index (χ0v) is 22.3. The Morgan fingerprint density at radius 2 is 1.61 bits per heavy atom. The molecule has 1 heterocycles. The molecule has 1 N–H and O–H groups in total. The first-order valence-corrected chi connectivity index (χ1v) is 12.8. The number of nitrogens with one attached hydrogen (secondary N) is 1. The van der Waals surface area contributed by atoms with Gasteiger partial charge in [-0.25, -0.2) is 9.58 Å². The fourth-order valence-corrected chi connectivity index (χ4v) is 4.89. The maximum Gasteiger partial charge on any atom is 0.266 e. The molecular formula is C30H37N4O2+. The molecule has 6 nitrogen and oxygen atoms in total. The fraction of sp³-hybridized carbons (Fsp3) is 0.333. The third-order valence-corrected chi connectivity index (χ3v) is 6.71. The van der Waals surface area contributed by atoms with E-state index in [2.05, 4.69) is 79.0 Å². The molecule has 1 amide bonds. The van der Waals surface area contributed by atoms with Crippen molar-refractivity contribution in [2.75, 3.05) is 45.2 Å². The number of hydrogen-bond donors (Lipinski definition) is 1. The Labute approximate surface area is 213 Å². The van der Waals surface area contributed by atoms with Gasteiger partial charge >= 0.3 is 0 Å². The number of carbonyl (C=O) groups excluding carboxylic acids is 1. The van der Waals surface area contributed by atoms with E-state index in [1.807, 2.05) is 38.4 Å². The minimum atomic E-state index is -0.141. The molecule has 0 saturated carbocycles. The third kappa shape index (κ3) is 4.86. The lowest BCUT2D eigenvalue weighted by molar-refractivity contribution is 0.0857. The van der Waals surface area contributed by atoms with Crippen LogP contribution in [0.1, 0.15) is 38.1 Å². The molecule has 0 radical (unpaired) electrons. The summed E-state index contributed by atoms with van der Waals surface area (Å²) in [5, 5.41) is 3.78. The van der Waals surface area contributed by atoms with Gasteiger partial charge in [0, 0.05) is 67.1 Å². The summed E-state index contributed by atoms with van der Waals surface area (Å²) in [6, 6.07) is 20.6. The van der Waals surface area contributed by atoms with E-state index in [0.29, 0.717) is 5.56 Å². The van der Waals surface area contributed by atoms with Crippen LogP contribution in [-0.2, 0) is 0 Å². The second-order valence-corrected chi connectivity index (χ2v) is 9.06. The summed E-state index contributed by atoms with van der Waals surface area (Å²) in [6.07, 6.45) is 0. The molecule has 0 bridgehead atoms. The second-order valence-electron chi connectivity index (χ2n) is 9.06. The van der Waals surface area contributed by atoms with E-state index in [1.54, 1.807) is 5.01 Å². The molecule has 0 fully saturated rings. The van der Waals surface area contributed by atoms with E-state index < -0.39 is 0 Å². The number of nitrogens with zero attached hydrogens (tertiary/aromatic N) is 3. The predicted molar refractivity (Wildman–Crippen MR) is 149 cm³/mol. The molecular weight excluding hydrogens is 448 g/mol. The molecule has 6 heteroatoms. The maximum atomic E-state index is 13.2. The van der Waals surface area contributed by atoms with Gasteiger partial charge in [-0.1, -0.05) is 18.2 Å². The third-order valence-electron chi connectivity index (χ3n) is 6.71. The standard InChI is InChI=1S/C30H36N4O2/c1-7-33(8-2)21-15-17-25-27(19-21)36-28-20-22(34(9-3)10-4)16-18-26(28)29(25)23-13-11-12-14-24(23)30(35)31-32(5)6/h11-20H,7-10H2,1-6H3/p+1. The molecule has 0 saturated heterocycles. The van der Waals surface area contributed by atoms with E-state index in [-0.39, 0.29) is 5.91 Å². The monoisotopic (exact) mass is 485 g/mol. The summed E-state index contributed by atoms with van der Waals surface area (Å²) >= 11 is 0. The van der Waals surface area contributed by atoms with Crippen molar-refractivity contribution >= 4 is 22.6 Å². The first-order valence-electron chi connectivity index (χ1n) is 12.8. The molecule has 0 atom stereocenters. The van der Waals surface area contributed by atoms with Crippen LogP contribution in [0, 0.1) is 0 Å². The van der Waals surface area contributed by atoms with Crippen LogP contribution in [0.4, 0.5) is 5.69 Å². The average Bonchev–Trinajstić information content (AvgIpc) is 2.88. The molecule has 1 aliphatic carbocycles. The fourth-order valence-electron chi connectivity index (χ4n) is 4.89. The molecule has 2 aromatic rings. The number of carbonyl (C=O) groups is 1. The lowest BCUT2D eigenvalue weighted by Crippen LogP contribution is -2.36. The zero-order valence-electron chi connectivity index (χ0n) is 22.3. The molecule has 2 aromatic carbocycles. The maximum absolute atomic E-state index is 13.2. The van der Waals surface area contributed by atoms with Gasteiger partial charge in [-0.3, -0.25) is 10.2 Å². The minimum Gasteiger partial charge on any atom is -0.456 e. The van der Waals surface area contributed by atoms with Crippen molar-refractivity contribution in [3.8, 4) is 22.5 Å². The van der Waals surface area contributed by atoms with Crippen LogP contribution in [0.25, 0.3) is 33.4 Å². The van der Waals surface area contributed by atoms with Crippen molar-refractivity contribution in [2.24, 2.45) is 0 Å². The highest BCUT2D eigenvalue weighted by Gasteiger charge is 2.23. The van der Waals surface area contributed by atoms with Crippen LogP contribution in [0.3, 0.4) is 0 Å². The first kappa shape index (κ1) is 25.5. The Balaban J connectivity index is 2.09. The van der Waals surface area contributed by atoms with Crippen LogP contribution in [0.15, 0.2) is 65.1 Å². The van der Waals surface area contributed by atoms with E-state index >= 15 is 0 Å². The number of anilines is 1. The summed E-state index contributed by atoms with van der Waals surface area (Å²) in [6.45, 7) is 12.3. The van der Waals surface area contributed by atoms with Crippen molar-refractivity contribution in [1.82, 2.24) is 15.0 Å². The van der Waals surface area contributed by atoms with Crippen LogP contribution < -0.4 is 20.3 Å². The average molecular weight is 486 g/mol. The van der Waals surface area contributed by atoms with Gasteiger partial charge in [-0.05, 0) is 57.5 Å². The summed E-state index contributed by atoms with van der Waals surface area (Å²) in [5.74, 6) is 0.665. The lowest BCUT2D eigenvalue weighted by Gasteiger charge is -2.23. The largest absolute Gasteiger partial charge is 0.456 e. The van der Waals surface area contributed by atoms with Gasteiger partial charge in [0.25, 0.3) is 5.91 Å². The number of benzene rings is 3. The van der Waals surface area contributed by atoms with Crippen LogP contribution in [0.5, 0.6) is 0 Å². The second kappa shape index (κ2) is 11.0. The summed E-state index contributed by atoms with van der Waals surface area (Å²) in [5.41, 5.74) is 8.33. The minimum absolute atomic E-state index is 0.141. The van der Waals surface area contributed by atoms with Gasteiger partial charge in [0.15, 0.2) is 0 Å².